The fraction of sp³-hybridized carbons (Fsp3) is 0.529. The molecule has 5 heteroatoms. The molecule has 1 saturated heterocycles. The number of benzene rings is 1. The molecule has 0 radical (unpaired) electrons. The monoisotopic (exact) mass is 322 g/mol. The fourth-order valence-electron chi connectivity index (χ4n) is 2.80. The Kier molecular flexibility index (Phi) is 6.25. The average Bonchev–Trinajstić information content (AvgIpc) is 2.78. The summed E-state index contributed by atoms with van der Waals surface area (Å²) in [5, 5.41) is 0.528. The van der Waals surface area contributed by atoms with E-state index in [9.17, 15) is 9.59 Å². The van der Waals surface area contributed by atoms with Crippen molar-refractivity contribution in [2.45, 2.75) is 39.0 Å². The van der Waals surface area contributed by atoms with Crippen LogP contribution in [-0.2, 0) is 9.59 Å². The van der Waals surface area contributed by atoms with E-state index in [1.807, 2.05) is 17.0 Å². The summed E-state index contributed by atoms with van der Waals surface area (Å²) in [5.74, 6) is 0.0250. The number of para-hydroxylation sites is 1. The van der Waals surface area contributed by atoms with Gasteiger partial charge >= 0.3 is 0 Å². The lowest BCUT2D eigenvalue weighted by Crippen LogP contribution is -2.37. The quantitative estimate of drug-likeness (QED) is 0.851. The normalized spacial score (nSPS) is 15.3. The molecule has 1 aliphatic rings. The third-order valence-electron chi connectivity index (χ3n) is 4.03. The first-order valence-corrected chi connectivity index (χ1v) is 8.28. The number of carbonyl (C=O) groups excluding carboxylic acids is 2. The maximum Gasteiger partial charge on any atom is 0.224 e. The van der Waals surface area contributed by atoms with Gasteiger partial charge in [-0.2, -0.15) is 0 Å². The fourth-order valence-corrected chi connectivity index (χ4v) is 3.04. The maximum absolute atomic E-state index is 12.3. The first-order valence-electron chi connectivity index (χ1n) is 7.90. The number of rotatable bonds is 4. The number of likely N-dealkylation sites (tertiary alicyclic amines) is 1. The summed E-state index contributed by atoms with van der Waals surface area (Å²) in [6.45, 7) is 3.55. The van der Waals surface area contributed by atoms with Crippen molar-refractivity contribution < 1.29 is 9.59 Å². The Bertz CT molecular complexity index is 525. The van der Waals surface area contributed by atoms with E-state index in [0.29, 0.717) is 23.7 Å². The molecule has 1 aliphatic heterocycles. The number of nitrogens with zero attached hydrogens (tertiary/aromatic N) is 2. The van der Waals surface area contributed by atoms with Crippen LogP contribution in [0.2, 0.25) is 5.02 Å². The molecule has 4 nitrogen and oxygen atoms in total. The van der Waals surface area contributed by atoms with E-state index in [2.05, 4.69) is 0 Å². The van der Waals surface area contributed by atoms with Crippen LogP contribution in [0.1, 0.15) is 39.0 Å². The van der Waals surface area contributed by atoms with Gasteiger partial charge in [-0.15, -0.1) is 0 Å². The van der Waals surface area contributed by atoms with Gasteiger partial charge in [-0.25, -0.2) is 0 Å². The predicted molar refractivity (Wildman–Crippen MR) is 89.1 cm³/mol. The molecule has 0 aromatic heterocycles. The molecule has 1 aromatic carbocycles. The van der Waals surface area contributed by atoms with Crippen LogP contribution >= 0.6 is 11.6 Å². The van der Waals surface area contributed by atoms with Crippen LogP contribution in [0, 0.1) is 0 Å². The lowest BCUT2D eigenvalue weighted by molar-refractivity contribution is -0.131. The highest BCUT2D eigenvalue weighted by atomic mass is 35.5. The first-order chi connectivity index (χ1) is 10.6. The molecule has 0 saturated carbocycles. The molecule has 2 amide bonds. The Morgan fingerprint density at radius 3 is 2.36 bits per heavy atom. The number of hydrogen-bond donors (Lipinski definition) is 0. The molecule has 120 valence electrons. The van der Waals surface area contributed by atoms with Crippen molar-refractivity contribution in [3.63, 3.8) is 0 Å². The molecule has 0 N–H and O–H groups in total. The molecule has 1 heterocycles. The summed E-state index contributed by atoms with van der Waals surface area (Å²) < 4.78 is 0. The Hall–Kier alpha value is -1.55. The minimum Gasteiger partial charge on any atom is -0.343 e. The summed E-state index contributed by atoms with van der Waals surface area (Å²) >= 11 is 6.16. The smallest absolute Gasteiger partial charge is 0.224 e. The van der Waals surface area contributed by atoms with Crippen LogP contribution in [0.15, 0.2) is 24.3 Å². The largest absolute Gasteiger partial charge is 0.343 e. The highest BCUT2D eigenvalue weighted by Gasteiger charge is 2.19. The van der Waals surface area contributed by atoms with Gasteiger partial charge in [0.25, 0.3) is 0 Å². The van der Waals surface area contributed by atoms with Crippen molar-refractivity contribution >= 4 is 29.1 Å². The van der Waals surface area contributed by atoms with E-state index in [1.54, 1.807) is 17.0 Å². The highest BCUT2D eigenvalue weighted by Crippen LogP contribution is 2.25. The molecule has 0 spiro atoms. The summed E-state index contributed by atoms with van der Waals surface area (Å²) in [6, 6.07) is 7.23. The third kappa shape index (κ3) is 4.47. The van der Waals surface area contributed by atoms with Crippen LogP contribution in [0.3, 0.4) is 0 Å². The van der Waals surface area contributed by atoms with E-state index in [1.165, 1.54) is 19.8 Å². The maximum atomic E-state index is 12.3. The van der Waals surface area contributed by atoms with Crippen LogP contribution in [-0.4, -0.2) is 36.3 Å². The van der Waals surface area contributed by atoms with Crippen molar-refractivity contribution in [3.8, 4) is 0 Å². The van der Waals surface area contributed by atoms with Crippen molar-refractivity contribution in [2.24, 2.45) is 0 Å². The zero-order valence-electron chi connectivity index (χ0n) is 13.1. The van der Waals surface area contributed by atoms with Gasteiger partial charge in [0.15, 0.2) is 0 Å². The van der Waals surface area contributed by atoms with Gasteiger partial charge in [-0.3, -0.25) is 9.59 Å². The van der Waals surface area contributed by atoms with Crippen molar-refractivity contribution in [1.29, 1.82) is 0 Å². The second kappa shape index (κ2) is 8.18. The molecular weight excluding hydrogens is 300 g/mol. The van der Waals surface area contributed by atoms with Gasteiger partial charge in [0, 0.05) is 33.0 Å². The highest BCUT2D eigenvalue weighted by molar-refractivity contribution is 6.33. The molecule has 1 aromatic rings. The van der Waals surface area contributed by atoms with Crippen LogP contribution in [0.5, 0.6) is 0 Å². The number of hydrogen-bond acceptors (Lipinski definition) is 2. The standard InChI is InChI=1S/C17H23ClN2O2/c1-14(21)20(16-9-5-4-8-15(16)18)13-10-17(22)19-11-6-2-3-7-12-19/h4-5,8-9H,2-3,6-7,10-13H2,1H3. The SMILES string of the molecule is CC(=O)N(CCC(=O)N1CCCCCC1)c1ccccc1Cl. The Balaban J connectivity index is 1.98. The molecule has 1 fully saturated rings. The summed E-state index contributed by atoms with van der Waals surface area (Å²) in [6.07, 6.45) is 4.89. The van der Waals surface area contributed by atoms with Gasteiger partial charge < -0.3 is 9.80 Å². The van der Waals surface area contributed by atoms with Crippen LogP contribution < -0.4 is 4.90 Å². The average molecular weight is 323 g/mol. The zero-order chi connectivity index (χ0) is 15.9. The van der Waals surface area contributed by atoms with Gasteiger partial charge in [-0.1, -0.05) is 36.6 Å². The topological polar surface area (TPSA) is 40.6 Å². The lowest BCUT2D eigenvalue weighted by Gasteiger charge is -2.25. The molecular formula is C17H23ClN2O2. The first kappa shape index (κ1) is 16.8. The molecule has 22 heavy (non-hydrogen) atoms. The Labute approximate surface area is 137 Å². The molecule has 0 aliphatic carbocycles. The van der Waals surface area contributed by atoms with Gasteiger partial charge in [0.1, 0.15) is 0 Å². The minimum atomic E-state index is -0.100. The summed E-state index contributed by atoms with van der Waals surface area (Å²) in [7, 11) is 0. The number of anilines is 1. The Morgan fingerprint density at radius 1 is 1.14 bits per heavy atom. The second-order valence-electron chi connectivity index (χ2n) is 5.67. The summed E-state index contributed by atoms with van der Waals surface area (Å²) in [5.41, 5.74) is 0.667. The summed E-state index contributed by atoms with van der Waals surface area (Å²) in [4.78, 5) is 27.7. The predicted octanol–water partition coefficient (Wildman–Crippen LogP) is 3.49. The van der Waals surface area contributed by atoms with Crippen LogP contribution in [0.4, 0.5) is 5.69 Å². The van der Waals surface area contributed by atoms with Gasteiger partial charge in [0.2, 0.25) is 11.8 Å². The van der Waals surface area contributed by atoms with E-state index >= 15 is 0 Å². The van der Waals surface area contributed by atoms with Crippen LogP contribution in [0.25, 0.3) is 0 Å². The van der Waals surface area contributed by atoms with Crippen molar-refractivity contribution in [3.05, 3.63) is 29.3 Å². The van der Waals surface area contributed by atoms with Gasteiger partial charge in [0.05, 0.1) is 10.7 Å². The van der Waals surface area contributed by atoms with E-state index in [4.69, 9.17) is 11.6 Å². The number of halogens is 1. The third-order valence-corrected chi connectivity index (χ3v) is 4.35. The lowest BCUT2D eigenvalue weighted by atomic mass is 10.2. The van der Waals surface area contributed by atoms with E-state index < -0.39 is 0 Å². The zero-order valence-corrected chi connectivity index (χ0v) is 13.8. The van der Waals surface area contributed by atoms with E-state index in [-0.39, 0.29) is 11.8 Å². The molecule has 0 bridgehead atoms. The molecule has 2 rings (SSSR count). The number of amides is 2. The van der Waals surface area contributed by atoms with Crippen molar-refractivity contribution in [2.75, 3.05) is 24.5 Å². The van der Waals surface area contributed by atoms with Crippen molar-refractivity contribution in [1.82, 2.24) is 4.90 Å². The second-order valence-corrected chi connectivity index (χ2v) is 6.07. The van der Waals surface area contributed by atoms with Gasteiger partial charge in [-0.05, 0) is 25.0 Å². The molecule has 0 unspecified atom stereocenters. The minimum absolute atomic E-state index is 0.100. The number of carbonyl (C=O) groups is 2. The molecule has 0 atom stereocenters. The van der Waals surface area contributed by atoms with E-state index in [0.717, 1.165) is 25.9 Å². The Morgan fingerprint density at radius 2 is 1.77 bits per heavy atom.